The van der Waals surface area contributed by atoms with Gasteiger partial charge in [-0.15, -0.1) is 0 Å². The van der Waals surface area contributed by atoms with Crippen LogP contribution in [0.2, 0.25) is 0 Å². The van der Waals surface area contributed by atoms with Crippen molar-refractivity contribution in [3.63, 3.8) is 0 Å². The van der Waals surface area contributed by atoms with Gasteiger partial charge in [0.05, 0.1) is 35.9 Å². The minimum absolute atomic E-state index is 0.0147. The third-order valence-electron chi connectivity index (χ3n) is 7.96. The van der Waals surface area contributed by atoms with E-state index >= 15 is 0 Å². The summed E-state index contributed by atoms with van der Waals surface area (Å²) in [5.74, 6) is -0.222. The quantitative estimate of drug-likeness (QED) is 0.256. The number of nitriles is 1. The number of halogens is 1. The van der Waals surface area contributed by atoms with Crippen LogP contribution in [0, 0.1) is 17.1 Å². The van der Waals surface area contributed by atoms with E-state index < -0.39 is 11.8 Å². The minimum atomic E-state index is -1.05. The van der Waals surface area contributed by atoms with Gasteiger partial charge in [0, 0.05) is 54.9 Å². The van der Waals surface area contributed by atoms with E-state index in [4.69, 9.17) is 15.0 Å². The molecule has 12 heteroatoms. The first-order valence-corrected chi connectivity index (χ1v) is 14.2. The number of benzene rings is 1. The number of hydrogen-bond donors (Lipinski definition) is 1. The lowest BCUT2D eigenvalue weighted by atomic mass is 9.93. The summed E-state index contributed by atoms with van der Waals surface area (Å²) in [5.41, 5.74) is 3.68. The predicted molar refractivity (Wildman–Crippen MR) is 154 cm³/mol. The molecule has 6 rings (SSSR count). The van der Waals surface area contributed by atoms with Crippen LogP contribution in [0.1, 0.15) is 64.4 Å². The van der Waals surface area contributed by atoms with Gasteiger partial charge >= 0.3 is 5.97 Å². The predicted octanol–water partition coefficient (Wildman–Crippen LogP) is 4.46. The van der Waals surface area contributed by atoms with Crippen molar-refractivity contribution in [2.75, 3.05) is 13.1 Å². The van der Waals surface area contributed by atoms with Crippen LogP contribution in [0.4, 0.5) is 4.39 Å². The molecule has 1 fully saturated rings. The van der Waals surface area contributed by atoms with Gasteiger partial charge in [-0.1, -0.05) is 12.1 Å². The van der Waals surface area contributed by atoms with E-state index in [9.17, 15) is 14.3 Å². The van der Waals surface area contributed by atoms with E-state index in [1.165, 1.54) is 6.07 Å². The molecule has 220 valence electrons. The Hall–Kier alpha value is -5.02. The van der Waals surface area contributed by atoms with E-state index in [0.717, 1.165) is 49.6 Å². The molecule has 1 N–H and O–H groups in total. The number of aromatic nitrogens is 6. The molecule has 1 aliphatic heterocycles. The van der Waals surface area contributed by atoms with Crippen molar-refractivity contribution in [2.24, 2.45) is 0 Å². The van der Waals surface area contributed by atoms with Crippen LogP contribution in [0.15, 0.2) is 61.3 Å². The number of carboxylic acids is 1. The highest BCUT2D eigenvalue weighted by molar-refractivity contribution is 5.85. The van der Waals surface area contributed by atoms with E-state index in [1.807, 2.05) is 30.6 Å². The van der Waals surface area contributed by atoms with Crippen LogP contribution in [0.25, 0.3) is 5.78 Å². The molecular formula is C31H31FN8O3. The summed E-state index contributed by atoms with van der Waals surface area (Å²) in [7, 11) is 0. The summed E-state index contributed by atoms with van der Waals surface area (Å²) >= 11 is 0. The third-order valence-corrected chi connectivity index (χ3v) is 7.96. The zero-order chi connectivity index (χ0) is 29.9. The van der Waals surface area contributed by atoms with Crippen LogP contribution in [0.3, 0.4) is 0 Å². The van der Waals surface area contributed by atoms with Gasteiger partial charge in [0.1, 0.15) is 12.4 Å². The van der Waals surface area contributed by atoms with Crippen LogP contribution in [0.5, 0.6) is 5.88 Å². The summed E-state index contributed by atoms with van der Waals surface area (Å²) in [6.07, 6.45) is 8.99. The number of hydrogen-bond acceptors (Lipinski definition) is 7. The zero-order valence-electron chi connectivity index (χ0n) is 23.7. The maximum Gasteiger partial charge on any atom is 0.356 e. The highest BCUT2D eigenvalue weighted by Crippen LogP contribution is 2.29. The monoisotopic (exact) mass is 582 g/mol. The van der Waals surface area contributed by atoms with Crippen molar-refractivity contribution in [2.45, 2.75) is 51.9 Å². The highest BCUT2D eigenvalue weighted by Gasteiger charge is 2.24. The Balaban J connectivity index is 1.12. The van der Waals surface area contributed by atoms with E-state index in [1.54, 1.807) is 35.1 Å². The van der Waals surface area contributed by atoms with Crippen molar-refractivity contribution in [1.29, 1.82) is 5.26 Å². The van der Waals surface area contributed by atoms with Crippen molar-refractivity contribution in [3.05, 3.63) is 101 Å². The number of fused-ring (bicyclic) bond motifs is 1. The molecular weight excluding hydrogens is 551 g/mol. The Kier molecular flexibility index (Phi) is 7.89. The SMILES string of the molecule is CCn1cncc1Cn1c(CN2CCC(c3cccc(OCc4ccc(C#N)cc4F)n3)CC2)cn2cc(C(=O)O)nc12. The molecule has 0 unspecified atom stereocenters. The average Bonchev–Trinajstić information content (AvgIpc) is 3.73. The van der Waals surface area contributed by atoms with Gasteiger partial charge in [-0.05, 0) is 51.1 Å². The van der Waals surface area contributed by atoms with Crippen LogP contribution < -0.4 is 4.74 Å². The molecule has 0 bridgehead atoms. The maximum absolute atomic E-state index is 14.3. The number of aryl methyl sites for hydroxylation is 1. The first-order valence-electron chi connectivity index (χ1n) is 14.2. The number of ether oxygens (including phenoxy) is 1. The van der Waals surface area contributed by atoms with Crippen LogP contribution in [-0.4, -0.2) is 57.6 Å². The molecule has 11 nitrogen and oxygen atoms in total. The Morgan fingerprint density at radius 3 is 2.72 bits per heavy atom. The van der Waals surface area contributed by atoms with Crippen LogP contribution >= 0.6 is 0 Å². The minimum Gasteiger partial charge on any atom is -0.476 e. The number of nitrogens with zero attached hydrogens (tertiary/aromatic N) is 8. The molecule has 0 atom stereocenters. The third kappa shape index (κ3) is 5.98. The summed E-state index contributed by atoms with van der Waals surface area (Å²) in [6, 6.07) is 12.0. The Labute approximate surface area is 247 Å². The second kappa shape index (κ2) is 12.1. The fourth-order valence-electron chi connectivity index (χ4n) is 5.61. The first kappa shape index (κ1) is 28.1. The molecule has 0 amide bonds. The highest BCUT2D eigenvalue weighted by atomic mass is 19.1. The average molecular weight is 583 g/mol. The van der Waals surface area contributed by atoms with Gasteiger partial charge in [0.25, 0.3) is 0 Å². The Morgan fingerprint density at radius 1 is 1.14 bits per heavy atom. The smallest absolute Gasteiger partial charge is 0.356 e. The fourth-order valence-corrected chi connectivity index (χ4v) is 5.61. The second-order valence-corrected chi connectivity index (χ2v) is 10.7. The number of piperidine rings is 1. The van der Waals surface area contributed by atoms with E-state index in [-0.39, 0.29) is 23.8 Å². The van der Waals surface area contributed by atoms with Gasteiger partial charge in [0.2, 0.25) is 11.7 Å². The van der Waals surface area contributed by atoms with Gasteiger partial charge < -0.3 is 19.0 Å². The van der Waals surface area contributed by atoms with E-state index in [0.29, 0.717) is 30.3 Å². The number of pyridine rings is 1. The van der Waals surface area contributed by atoms with Gasteiger partial charge in [0.15, 0.2) is 5.69 Å². The molecule has 0 spiro atoms. The summed E-state index contributed by atoms with van der Waals surface area (Å²) < 4.78 is 26.0. The normalized spacial score (nSPS) is 14.3. The number of carbonyl (C=O) groups is 1. The molecule has 0 saturated carbocycles. The fraction of sp³-hybridized carbons (Fsp3) is 0.323. The lowest BCUT2D eigenvalue weighted by molar-refractivity contribution is 0.0691. The van der Waals surface area contributed by atoms with Crippen molar-refractivity contribution >= 4 is 11.7 Å². The standard InChI is InChI=1S/C31H31FN8O3/c1-2-38-20-34-14-24(38)17-40-25(16-39-18-28(30(41)42)36-31(39)40)15-37-10-8-22(9-11-37)27-4-3-5-29(35-27)43-19-23-7-6-21(13-33)12-26(23)32/h3-7,12,14,16,18,20,22H,2,8-11,15,17,19H2,1H3,(H,41,42). The van der Waals surface area contributed by atoms with E-state index in [2.05, 4.69) is 30.9 Å². The number of carboxylic acid groups (broad SMARTS) is 1. The largest absolute Gasteiger partial charge is 0.476 e. The van der Waals surface area contributed by atoms with Crippen molar-refractivity contribution < 1.29 is 19.0 Å². The van der Waals surface area contributed by atoms with Crippen molar-refractivity contribution in [3.8, 4) is 11.9 Å². The molecule has 1 aromatic carbocycles. The van der Waals surface area contributed by atoms with Gasteiger partial charge in [-0.2, -0.15) is 5.26 Å². The molecule has 5 heterocycles. The number of rotatable bonds is 10. The van der Waals surface area contributed by atoms with Gasteiger partial charge in [-0.3, -0.25) is 9.30 Å². The van der Waals surface area contributed by atoms with Crippen molar-refractivity contribution in [1.82, 2.24) is 33.4 Å². The summed E-state index contributed by atoms with van der Waals surface area (Å²) in [5, 5.41) is 18.4. The number of aromatic carboxylic acids is 1. The molecule has 0 aliphatic carbocycles. The zero-order valence-corrected chi connectivity index (χ0v) is 23.7. The molecule has 0 radical (unpaired) electrons. The molecule has 5 aromatic rings. The summed E-state index contributed by atoms with van der Waals surface area (Å²) in [4.78, 5) is 27.3. The molecule has 43 heavy (non-hydrogen) atoms. The molecule has 1 saturated heterocycles. The summed E-state index contributed by atoms with van der Waals surface area (Å²) in [6.45, 7) is 5.86. The molecule has 1 aliphatic rings. The molecule has 4 aromatic heterocycles. The topological polar surface area (TPSA) is 126 Å². The van der Waals surface area contributed by atoms with Crippen LogP contribution in [-0.2, 0) is 26.2 Å². The second-order valence-electron chi connectivity index (χ2n) is 10.7. The number of imidazole rings is 3. The Bertz CT molecular complexity index is 1810. The van der Waals surface area contributed by atoms with Gasteiger partial charge in [-0.25, -0.2) is 24.1 Å². The maximum atomic E-state index is 14.3. The lowest BCUT2D eigenvalue weighted by Gasteiger charge is -2.31. The number of likely N-dealkylation sites (tertiary alicyclic amines) is 1. The Morgan fingerprint density at radius 2 is 1.98 bits per heavy atom. The first-order chi connectivity index (χ1) is 20.9. The lowest BCUT2D eigenvalue weighted by Crippen LogP contribution is -2.33.